The first kappa shape index (κ1) is 15.4. The van der Waals surface area contributed by atoms with Crippen LogP contribution in [0.4, 0.5) is 0 Å². The van der Waals surface area contributed by atoms with E-state index >= 15 is 0 Å². The zero-order chi connectivity index (χ0) is 14.7. The van der Waals surface area contributed by atoms with Crippen molar-refractivity contribution >= 4 is 45.1 Å². The van der Waals surface area contributed by atoms with Crippen LogP contribution in [-0.4, -0.2) is 11.1 Å². The summed E-state index contributed by atoms with van der Waals surface area (Å²) in [5.74, 6) is -1.54. The van der Waals surface area contributed by atoms with Gasteiger partial charge in [0, 0.05) is 14.5 Å². The van der Waals surface area contributed by atoms with Crippen molar-refractivity contribution in [2.45, 2.75) is 12.3 Å². The van der Waals surface area contributed by atoms with E-state index in [0.29, 0.717) is 16.5 Å². The van der Waals surface area contributed by atoms with Crippen LogP contribution in [0.3, 0.4) is 0 Å². The number of hydrogen-bond donors (Lipinski definition) is 1. The van der Waals surface area contributed by atoms with Crippen LogP contribution in [0.1, 0.15) is 17.0 Å². The summed E-state index contributed by atoms with van der Waals surface area (Å²) in [4.78, 5) is 11.5. The lowest BCUT2D eigenvalue weighted by Crippen LogP contribution is -2.14. The van der Waals surface area contributed by atoms with Crippen LogP contribution in [0.25, 0.3) is 0 Å². The fraction of sp³-hybridized carbons (Fsp3) is 0.133. The molecule has 1 N–H and O–H groups in total. The van der Waals surface area contributed by atoms with E-state index in [1.165, 1.54) is 0 Å². The standard InChI is InChI=1S/C15H11BrCl2O2/c16-11-3-1-9(2-4-11)13(15(19)20)8-10-7-12(17)5-6-14(10)18/h1-7,13H,8H2,(H,19,20). The largest absolute Gasteiger partial charge is 0.481 e. The molecule has 2 aromatic carbocycles. The summed E-state index contributed by atoms with van der Waals surface area (Å²) in [7, 11) is 0. The lowest BCUT2D eigenvalue weighted by atomic mass is 9.92. The maximum Gasteiger partial charge on any atom is 0.311 e. The maximum absolute atomic E-state index is 11.5. The Morgan fingerprint density at radius 2 is 1.80 bits per heavy atom. The molecule has 0 radical (unpaired) electrons. The Morgan fingerprint density at radius 3 is 2.40 bits per heavy atom. The number of benzene rings is 2. The topological polar surface area (TPSA) is 37.3 Å². The molecule has 2 nitrogen and oxygen atoms in total. The van der Waals surface area contributed by atoms with Gasteiger partial charge in [-0.1, -0.05) is 51.3 Å². The van der Waals surface area contributed by atoms with E-state index in [-0.39, 0.29) is 0 Å². The monoisotopic (exact) mass is 372 g/mol. The molecule has 0 amide bonds. The van der Waals surface area contributed by atoms with Gasteiger partial charge in [-0.05, 0) is 47.9 Å². The highest BCUT2D eigenvalue weighted by Crippen LogP contribution is 2.28. The van der Waals surface area contributed by atoms with Crippen molar-refractivity contribution in [2.24, 2.45) is 0 Å². The first-order chi connectivity index (χ1) is 9.47. The second-order valence-electron chi connectivity index (χ2n) is 4.38. The number of carboxylic acids is 1. The number of carboxylic acid groups (broad SMARTS) is 1. The molecule has 2 aromatic rings. The van der Waals surface area contributed by atoms with Gasteiger partial charge in [0.2, 0.25) is 0 Å². The second-order valence-corrected chi connectivity index (χ2v) is 6.14. The van der Waals surface area contributed by atoms with Crippen molar-refractivity contribution < 1.29 is 9.90 Å². The van der Waals surface area contributed by atoms with Gasteiger partial charge >= 0.3 is 5.97 Å². The summed E-state index contributed by atoms with van der Waals surface area (Å²) in [5.41, 5.74) is 1.46. The summed E-state index contributed by atoms with van der Waals surface area (Å²) in [6.07, 6.45) is 0.302. The normalized spacial score (nSPS) is 12.2. The number of hydrogen-bond acceptors (Lipinski definition) is 1. The van der Waals surface area contributed by atoms with E-state index in [1.54, 1.807) is 30.3 Å². The number of halogens is 3. The lowest BCUT2D eigenvalue weighted by Gasteiger charge is -2.14. The summed E-state index contributed by atoms with van der Waals surface area (Å²) < 4.78 is 0.908. The number of aliphatic carboxylic acids is 1. The molecule has 0 saturated heterocycles. The average Bonchev–Trinajstić information content (AvgIpc) is 2.40. The molecular weight excluding hydrogens is 363 g/mol. The first-order valence-corrected chi connectivity index (χ1v) is 7.44. The van der Waals surface area contributed by atoms with Crippen LogP contribution < -0.4 is 0 Å². The van der Waals surface area contributed by atoms with Crippen molar-refractivity contribution in [1.29, 1.82) is 0 Å². The van der Waals surface area contributed by atoms with Crippen LogP contribution in [0.5, 0.6) is 0 Å². The van der Waals surface area contributed by atoms with Gasteiger partial charge in [-0.15, -0.1) is 0 Å². The number of carbonyl (C=O) groups is 1. The fourth-order valence-electron chi connectivity index (χ4n) is 1.96. The molecule has 0 aliphatic heterocycles. The van der Waals surface area contributed by atoms with Gasteiger partial charge in [0.05, 0.1) is 5.92 Å². The van der Waals surface area contributed by atoms with E-state index in [1.807, 2.05) is 12.1 Å². The Hall–Kier alpha value is -1.03. The van der Waals surface area contributed by atoms with Crippen LogP contribution in [0.15, 0.2) is 46.9 Å². The van der Waals surface area contributed by atoms with E-state index in [2.05, 4.69) is 15.9 Å². The smallest absolute Gasteiger partial charge is 0.311 e. The fourth-order valence-corrected chi connectivity index (χ4v) is 2.62. The molecule has 0 aliphatic carbocycles. The molecule has 20 heavy (non-hydrogen) atoms. The molecule has 1 atom stereocenters. The zero-order valence-corrected chi connectivity index (χ0v) is 13.4. The molecule has 0 saturated carbocycles. The highest BCUT2D eigenvalue weighted by atomic mass is 79.9. The Labute approximate surface area is 135 Å². The van der Waals surface area contributed by atoms with Gasteiger partial charge < -0.3 is 5.11 Å². The third kappa shape index (κ3) is 3.75. The Morgan fingerprint density at radius 1 is 1.15 bits per heavy atom. The van der Waals surface area contributed by atoms with Gasteiger partial charge in [0.1, 0.15) is 0 Å². The molecule has 2 rings (SSSR count). The summed E-state index contributed by atoms with van der Waals surface area (Å²) >= 11 is 15.4. The summed E-state index contributed by atoms with van der Waals surface area (Å²) in [6, 6.07) is 12.3. The van der Waals surface area contributed by atoms with E-state index in [4.69, 9.17) is 23.2 Å². The van der Waals surface area contributed by atoms with Crippen molar-refractivity contribution in [3.63, 3.8) is 0 Å². The van der Waals surface area contributed by atoms with Crippen molar-refractivity contribution in [2.75, 3.05) is 0 Å². The van der Waals surface area contributed by atoms with E-state index < -0.39 is 11.9 Å². The molecule has 0 bridgehead atoms. The van der Waals surface area contributed by atoms with Crippen molar-refractivity contribution in [3.05, 3.63) is 68.1 Å². The molecule has 104 valence electrons. The van der Waals surface area contributed by atoms with Gasteiger partial charge in [-0.25, -0.2) is 0 Å². The molecule has 0 aromatic heterocycles. The third-order valence-electron chi connectivity index (χ3n) is 3.00. The minimum Gasteiger partial charge on any atom is -0.481 e. The van der Waals surface area contributed by atoms with Crippen molar-refractivity contribution in [1.82, 2.24) is 0 Å². The first-order valence-electron chi connectivity index (χ1n) is 5.89. The molecule has 0 fully saturated rings. The highest BCUT2D eigenvalue weighted by Gasteiger charge is 2.21. The predicted octanol–water partition coefficient (Wildman–Crippen LogP) is 5.17. The molecule has 5 heteroatoms. The van der Waals surface area contributed by atoms with E-state index in [0.717, 1.165) is 15.6 Å². The Balaban J connectivity index is 2.32. The van der Waals surface area contributed by atoms with Crippen molar-refractivity contribution in [3.8, 4) is 0 Å². The molecule has 1 unspecified atom stereocenters. The van der Waals surface area contributed by atoms with Gasteiger partial charge in [0.15, 0.2) is 0 Å². The quantitative estimate of drug-likeness (QED) is 0.802. The average molecular weight is 374 g/mol. The minimum atomic E-state index is -0.886. The molecular formula is C15H11BrCl2O2. The van der Waals surface area contributed by atoms with Crippen LogP contribution in [-0.2, 0) is 11.2 Å². The highest BCUT2D eigenvalue weighted by molar-refractivity contribution is 9.10. The van der Waals surface area contributed by atoms with Crippen LogP contribution in [0.2, 0.25) is 10.0 Å². The summed E-state index contributed by atoms with van der Waals surface area (Å²) in [5, 5.41) is 10.5. The summed E-state index contributed by atoms with van der Waals surface area (Å²) in [6.45, 7) is 0. The second kappa shape index (κ2) is 6.61. The lowest BCUT2D eigenvalue weighted by molar-refractivity contribution is -0.138. The predicted molar refractivity (Wildman–Crippen MR) is 84.7 cm³/mol. The van der Waals surface area contributed by atoms with Crippen LogP contribution in [0, 0.1) is 0 Å². The SMILES string of the molecule is O=C(O)C(Cc1cc(Cl)ccc1Cl)c1ccc(Br)cc1. The minimum absolute atomic E-state index is 0.302. The third-order valence-corrected chi connectivity index (χ3v) is 4.13. The zero-order valence-electron chi connectivity index (χ0n) is 10.3. The Kier molecular flexibility index (Phi) is 5.08. The maximum atomic E-state index is 11.5. The van der Waals surface area contributed by atoms with Gasteiger partial charge in [-0.3, -0.25) is 4.79 Å². The molecule has 0 spiro atoms. The molecule has 0 aliphatic rings. The van der Waals surface area contributed by atoms with Gasteiger partial charge in [0.25, 0.3) is 0 Å². The van der Waals surface area contributed by atoms with E-state index in [9.17, 15) is 9.90 Å². The van der Waals surface area contributed by atoms with Crippen LogP contribution >= 0.6 is 39.1 Å². The Bertz CT molecular complexity index is 626. The van der Waals surface area contributed by atoms with Gasteiger partial charge in [-0.2, -0.15) is 0 Å². The molecule has 0 heterocycles. The number of rotatable bonds is 4.